The molecule has 208 valence electrons. The first-order valence-corrected chi connectivity index (χ1v) is 12.7. The fraction of sp³-hybridized carbons (Fsp3) is 0.643. The molecular weight excluding hydrogens is 478 g/mol. The Labute approximate surface area is 220 Å². The van der Waals surface area contributed by atoms with Gasteiger partial charge in [0.1, 0.15) is 18.8 Å². The first-order valence-electron chi connectivity index (χ1n) is 12.7. The maximum atomic E-state index is 12.5. The van der Waals surface area contributed by atoms with Crippen LogP contribution in [0.2, 0.25) is 0 Å². The summed E-state index contributed by atoms with van der Waals surface area (Å²) < 4.78 is 21.5. The summed E-state index contributed by atoms with van der Waals surface area (Å²) in [5.41, 5.74) is 5.07. The summed E-state index contributed by atoms with van der Waals surface area (Å²) in [6.07, 6.45) is 2.47. The van der Waals surface area contributed by atoms with Crippen molar-refractivity contribution in [2.24, 2.45) is 16.6 Å². The molecule has 9 nitrogen and oxygen atoms in total. The zero-order valence-corrected chi connectivity index (χ0v) is 23.5. The van der Waals surface area contributed by atoms with Gasteiger partial charge < -0.3 is 24.7 Å². The van der Waals surface area contributed by atoms with Crippen LogP contribution in [0.3, 0.4) is 0 Å². The Hall–Kier alpha value is -2.94. The van der Waals surface area contributed by atoms with E-state index < -0.39 is 40.9 Å². The third-order valence-electron chi connectivity index (χ3n) is 5.18. The largest absolute Gasteiger partial charge is 0.462 e. The van der Waals surface area contributed by atoms with Crippen LogP contribution in [-0.4, -0.2) is 42.6 Å². The number of nitrogens with two attached hydrogens (primary N) is 1. The van der Waals surface area contributed by atoms with Crippen LogP contribution in [0, 0.1) is 10.8 Å². The van der Waals surface area contributed by atoms with E-state index in [1.807, 2.05) is 6.92 Å². The Balaban J connectivity index is 2.87. The van der Waals surface area contributed by atoms with E-state index in [1.165, 1.54) is 12.1 Å². The second-order valence-electron chi connectivity index (χ2n) is 11.3. The van der Waals surface area contributed by atoms with Crippen LogP contribution in [0.5, 0.6) is 11.5 Å². The topological polar surface area (TPSA) is 131 Å². The minimum Gasteiger partial charge on any atom is -0.462 e. The summed E-state index contributed by atoms with van der Waals surface area (Å²) in [7, 11) is 0. The molecule has 0 spiro atoms. The molecule has 0 heterocycles. The molecule has 2 atom stereocenters. The minimum absolute atomic E-state index is 0.0514. The first kappa shape index (κ1) is 32.1. The molecule has 0 saturated carbocycles. The molecule has 0 unspecified atom stereocenters. The number of benzene rings is 1. The normalized spacial score (nSPS) is 13.3. The molecule has 0 amide bonds. The van der Waals surface area contributed by atoms with E-state index in [1.54, 1.807) is 54.5 Å². The van der Waals surface area contributed by atoms with Crippen molar-refractivity contribution in [1.29, 1.82) is 0 Å². The maximum Gasteiger partial charge on any atom is 0.323 e. The van der Waals surface area contributed by atoms with Gasteiger partial charge in [0.05, 0.1) is 10.8 Å². The highest BCUT2D eigenvalue weighted by atomic mass is 16.6. The van der Waals surface area contributed by atoms with E-state index >= 15 is 0 Å². The molecule has 1 rings (SSSR count). The van der Waals surface area contributed by atoms with Crippen LogP contribution in [0.1, 0.15) is 86.6 Å². The van der Waals surface area contributed by atoms with Crippen molar-refractivity contribution < 1.29 is 38.1 Å². The van der Waals surface area contributed by atoms with Crippen molar-refractivity contribution in [3.63, 3.8) is 0 Å². The summed E-state index contributed by atoms with van der Waals surface area (Å²) in [5.74, 6) is -1.85. The zero-order chi connectivity index (χ0) is 28.4. The molecule has 1 aromatic rings. The van der Waals surface area contributed by atoms with Crippen molar-refractivity contribution in [3.05, 3.63) is 23.8 Å². The zero-order valence-electron chi connectivity index (χ0n) is 23.5. The van der Waals surface area contributed by atoms with Gasteiger partial charge in [-0.2, -0.15) is 0 Å². The molecule has 9 heteroatoms. The van der Waals surface area contributed by atoms with Gasteiger partial charge in [-0.05, 0) is 79.0 Å². The lowest BCUT2D eigenvalue weighted by atomic mass is 9.97. The fourth-order valence-corrected chi connectivity index (χ4v) is 2.81. The minimum atomic E-state index is -1.02. The summed E-state index contributed by atoms with van der Waals surface area (Å²) >= 11 is 0. The van der Waals surface area contributed by atoms with E-state index in [4.69, 9.17) is 24.7 Å². The number of ether oxygens (including phenoxy) is 4. The smallest absolute Gasteiger partial charge is 0.323 e. The third-order valence-corrected chi connectivity index (χ3v) is 5.18. The number of hydrogen-bond acceptors (Lipinski definition) is 9. The monoisotopic (exact) mass is 521 g/mol. The number of carbonyl (C=O) groups is 4. The molecule has 1 aromatic carbocycles. The highest BCUT2D eigenvalue weighted by Crippen LogP contribution is 2.33. The van der Waals surface area contributed by atoms with Gasteiger partial charge in [-0.25, -0.2) is 0 Å². The lowest BCUT2D eigenvalue weighted by molar-refractivity contribution is -0.159. The highest BCUT2D eigenvalue weighted by Gasteiger charge is 2.29. The van der Waals surface area contributed by atoms with E-state index in [2.05, 4.69) is 0 Å². The third kappa shape index (κ3) is 11.8. The highest BCUT2D eigenvalue weighted by molar-refractivity contribution is 5.81. The van der Waals surface area contributed by atoms with E-state index in [0.717, 1.165) is 19.3 Å². The van der Waals surface area contributed by atoms with Gasteiger partial charge in [0.15, 0.2) is 11.5 Å². The molecular formula is C28H43NO8. The van der Waals surface area contributed by atoms with Gasteiger partial charge >= 0.3 is 23.9 Å². The second kappa shape index (κ2) is 14.1. The van der Waals surface area contributed by atoms with Gasteiger partial charge in [0.25, 0.3) is 0 Å². The average Bonchev–Trinajstić information content (AvgIpc) is 2.78. The molecule has 0 aliphatic rings. The predicted octanol–water partition coefficient (Wildman–Crippen LogP) is 4.51. The van der Waals surface area contributed by atoms with Crippen LogP contribution in [-0.2, 0) is 35.1 Å². The average molecular weight is 522 g/mol. The van der Waals surface area contributed by atoms with Crippen molar-refractivity contribution in [1.82, 2.24) is 0 Å². The molecule has 0 bridgehead atoms. The van der Waals surface area contributed by atoms with Crippen molar-refractivity contribution in [2.45, 2.75) is 99.6 Å². The van der Waals surface area contributed by atoms with Gasteiger partial charge in [0, 0.05) is 6.42 Å². The van der Waals surface area contributed by atoms with Crippen LogP contribution in [0.25, 0.3) is 0 Å². The molecule has 0 fully saturated rings. The maximum absolute atomic E-state index is 12.5. The number of esters is 4. The standard InChI is InChI=1S/C28H43NO8/c1-9-10-11-12-23(30)34-17-18(2)35-24(31)20(29)15-19-13-14-21(36-25(32)27(3,4)5)22(16-19)37-26(33)28(6,7)8/h13-14,16,18,20H,9-12,15,17,29H2,1-8H3/t18-,20-/m0/s1. The lowest BCUT2D eigenvalue weighted by Crippen LogP contribution is -2.37. The lowest BCUT2D eigenvalue weighted by Gasteiger charge is -2.21. The second-order valence-corrected chi connectivity index (χ2v) is 11.3. The van der Waals surface area contributed by atoms with Crippen LogP contribution >= 0.6 is 0 Å². The van der Waals surface area contributed by atoms with E-state index in [0.29, 0.717) is 12.0 Å². The molecule has 0 aliphatic heterocycles. The number of hydrogen-bond donors (Lipinski definition) is 1. The van der Waals surface area contributed by atoms with Crippen LogP contribution in [0.4, 0.5) is 0 Å². The Morgan fingerprint density at radius 2 is 1.46 bits per heavy atom. The summed E-state index contributed by atoms with van der Waals surface area (Å²) in [6.45, 7) is 13.9. The van der Waals surface area contributed by atoms with E-state index in [9.17, 15) is 19.2 Å². The Morgan fingerprint density at radius 1 is 0.892 bits per heavy atom. The predicted molar refractivity (Wildman–Crippen MR) is 139 cm³/mol. The molecule has 0 saturated heterocycles. The van der Waals surface area contributed by atoms with Gasteiger partial charge in [-0.3, -0.25) is 19.2 Å². The summed E-state index contributed by atoms with van der Waals surface area (Å²) in [5, 5.41) is 0. The summed E-state index contributed by atoms with van der Waals surface area (Å²) in [6, 6.07) is 3.64. The van der Waals surface area contributed by atoms with Gasteiger partial charge in [-0.15, -0.1) is 0 Å². The molecule has 0 radical (unpaired) electrons. The fourth-order valence-electron chi connectivity index (χ4n) is 2.81. The number of carbonyl (C=O) groups excluding carboxylic acids is 4. The van der Waals surface area contributed by atoms with Gasteiger partial charge in [-0.1, -0.05) is 25.8 Å². The van der Waals surface area contributed by atoms with Crippen molar-refractivity contribution in [2.75, 3.05) is 6.61 Å². The molecule has 0 aromatic heterocycles. The SMILES string of the molecule is CCCCCC(=O)OC[C@H](C)OC(=O)[C@@H](N)Cc1ccc(OC(=O)C(C)(C)C)c(OC(=O)C(C)(C)C)c1. The van der Waals surface area contributed by atoms with Gasteiger partial charge in [0.2, 0.25) is 0 Å². The molecule has 2 N–H and O–H groups in total. The Morgan fingerprint density at radius 3 is 2.00 bits per heavy atom. The number of unbranched alkanes of at least 4 members (excludes halogenated alkanes) is 2. The molecule has 0 aliphatic carbocycles. The first-order chi connectivity index (χ1) is 17.0. The van der Waals surface area contributed by atoms with Crippen LogP contribution in [0.15, 0.2) is 18.2 Å². The Bertz CT molecular complexity index is 942. The summed E-state index contributed by atoms with van der Waals surface area (Å²) in [4.78, 5) is 49.2. The van der Waals surface area contributed by atoms with E-state index in [-0.39, 0.29) is 30.5 Å². The Kier molecular flexibility index (Phi) is 12.2. The van der Waals surface area contributed by atoms with Crippen LogP contribution < -0.4 is 15.2 Å². The van der Waals surface area contributed by atoms with Crippen molar-refractivity contribution in [3.8, 4) is 11.5 Å². The number of rotatable bonds is 12. The van der Waals surface area contributed by atoms with Crippen molar-refractivity contribution >= 4 is 23.9 Å². The molecule has 37 heavy (non-hydrogen) atoms. The quantitative estimate of drug-likeness (QED) is 0.240.